The van der Waals surface area contributed by atoms with E-state index in [1.54, 1.807) is 18.0 Å². The summed E-state index contributed by atoms with van der Waals surface area (Å²) >= 11 is 1.41. The van der Waals surface area contributed by atoms with Gasteiger partial charge in [0.25, 0.3) is 5.91 Å². The molecular formula is C8H12N2O2S. The van der Waals surface area contributed by atoms with Gasteiger partial charge in [-0.25, -0.2) is 4.98 Å². The summed E-state index contributed by atoms with van der Waals surface area (Å²) < 4.78 is 4.89. The van der Waals surface area contributed by atoms with Gasteiger partial charge in [-0.15, -0.1) is 11.3 Å². The quantitative estimate of drug-likeness (QED) is 0.786. The Balaban J connectivity index is 2.42. The second-order valence-electron chi connectivity index (χ2n) is 2.70. The van der Waals surface area contributed by atoms with Crippen LogP contribution in [0.2, 0.25) is 0 Å². The fourth-order valence-electron chi connectivity index (χ4n) is 0.914. The normalized spacial score (nSPS) is 12.5. The summed E-state index contributed by atoms with van der Waals surface area (Å²) in [5, 5.41) is 4.48. The Morgan fingerprint density at radius 3 is 3.15 bits per heavy atom. The van der Waals surface area contributed by atoms with Crippen LogP contribution in [0.15, 0.2) is 10.9 Å². The van der Waals surface area contributed by atoms with E-state index in [0.717, 1.165) is 0 Å². The van der Waals surface area contributed by atoms with E-state index in [4.69, 9.17) is 4.74 Å². The number of aromatic nitrogens is 1. The van der Waals surface area contributed by atoms with Gasteiger partial charge in [-0.3, -0.25) is 4.79 Å². The predicted octanol–water partition coefficient (Wildman–Crippen LogP) is 0.908. The lowest BCUT2D eigenvalue weighted by Gasteiger charge is -2.10. The Labute approximate surface area is 80.9 Å². The molecule has 0 radical (unpaired) electrons. The van der Waals surface area contributed by atoms with Crippen LogP contribution in [0.3, 0.4) is 0 Å². The summed E-state index contributed by atoms with van der Waals surface area (Å²) in [5.74, 6) is -0.147. The number of methoxy groups -OCH3 is 1. The molecule has 0 aliphatic heterocycles. The van der Waals surface area contributed by atoms with Crippen LogP contribution in [0.25, 0.3) is 0 Å². The standard InChI is InChI=1S/C8H12N2O2S/c1-6(3-12-2)10-8(11)7-4-13-5-9-7/h4-6H,3H2,1-2H3,(H,10,11). The molecular weight excluding hydrogens is 188 g/mol. The molecule has 13 heavy (non-hydrogen) atoms. The largest absolute Gasteiger partial charge is 0.383 e. The minimum atomic E-state index is -0.147. The third kappa shape index (κ3) is 3.12. The smallest absolute Gasteiger partial charge is 0.271 e. The van der Waals surface area contributed by atoms with Crippen molar-refractivity contribution in [2.24, 2.45) is 0 Å². The third-order valence-corrected chi connectivity index (χ3v) is 2.05. The van der Waals surface area contributed by atoms with E-state index >= 15 is 0 Å². The number of amides is 1. The second-order valence-corrected chi connectivity index (χ2v) is 3.42. The maximum absolute atomic E-state index is 11.4. The van der Waals surface area contributed by atoms with Gasteiger partial charge < -0.3 is 10.1 Å². The highest BCUT2D eigenvalue weighted by Gasteiger charge is 2.10. The zero-order valence-corrected chi connectivity index (χ0v) is 8.43. The van der Waals surface area contributed by atoms with Gasteiger partial charge >= 0.3 is 0 Å². The fraction of sp³-hybridized carbons (Fsp3) is 0.500. The predicted molar refractivity (Wildman–Crippen MR) is 50.9 cm³/mol. The highest BCUT2D eigenvalue weighted by Crippen LogP contribution is 2.00. The van der Waals surface area contributed by atoms with Gasteiger partial charge in [0.15, 0.2) is 0 Å². The van der Waals surface area contributed by atoms with Gasteiger partial charge in [0.1, 0.15) is 5.69 Å². The Kier molecular flexibility index (Phi) is 3.85. The van der Waals surface area contributed by atoms with Crippen molar-refractivity contribution < 1.29 is 9.53 Å². The minimum Gasteiger partial charge on any atom is -0.383 e. The molecule has 1 amide bonds. The van der Waals surface area contributed by atoms with Crippen molar-refractivity contribution in [1.29, 1.82) is 0 Å². The maximum atomic E-state index is 11.4. The lowest BCUT2D eigenvalue weighted by Crippen LogP contribution is -2.35. The molecule has 0 aliphatic carbocycles. The number of carbonyl (C=O) groups excluding carboxylic acids is 1. The van der Waals surface area contributed by atoms with Crippen molar-refractivity contribution in [3.8, 4) is 0 Å². The van der Waals surface area contributed by atoms with Crippen molar-refractivity contribution in [2.45, 2.75) is 13.0 Å². The van der Waals surface area contributed by atoms with Crippen LogP contribution >= 0.6 is 11.3 Å². The average molecular weight is 200 g/mol. The number of ether oxygens (including phenoxy) is 1. The van der Waals surface area contributed by atoms with Gasteiger partial charge in [0.2, 0.25) is 0 Å². The SMILES string of the molecule is COCC(C)NC(=O)c1cscn1. The second kappa shape index (κ2) is 4.94. The molecule has 1 atom stereocenters. The van der Waals surface area contributed by atoms with Crippen molar-refractivity contribution in [2.75, 3.05) is 13.7 Å². The highest BCUT2D eigenvalue weighted by molar-refractivity contribution is 7.07. The zero-order valence-electron chi connectivity index (χ0n) is 7.61. The van der Waals surface area contributed by atoms with E-state index in [1.165, 1.54) is 11.3 Å². The van der Waals surface area contributed by atoms with Crippen LogP contribution in [0, 0.1) is 0 Å². The zero-order chi connectivity index (χ0) is 9.68. The van der Waals surface area contributed by atoms with Crippen LogP contribution in [-0.2, 0) is 4.74 Å². The Hall–Kier alpha value is -0.940. The summed E-state index contributed by atoms with van der Waals surface area (Å²) in [6, 6.07) is 0.0131. The van der Waals surface area contributed by atoms with Crippen molar-refractivity contribution in [1.82, 2.24) is 10.3 Å². The molecule has 4 nitrogen and oxygen atoms in total. The van der Waals surface area contributed by atoms with E-state index in [1.807, 2.05) is 6.92 Å². The first-order chi connectivity index (χ1) is 6.24. The molecule has 72 valence electrons. The van der Waals surface area contributed by atoms with Crippen molar-refractivity contribution >= 4 is 17.2 Å². The van der Waals surface area contributed by atoms with E-state index in [-0.39, 0.29) is 11.9 Å². The Morgan fingerprint density at radius 2 is 2.62 bits per heavy atom. The molecule has 0 saturated heterocycles. The number of hydrogen-bond donors (Lipinski definition) is 1. The Morgan fingerprint density at radius 1 is 1.85 bits per heavy atom. The first-order valence-corrected chi connectivity index (χ1v) is 4.86. The number of thiazole rings is 1. The topological polar surface area (TPSA) is 51.2 Å². The lowest BCUT2D eigenvalue weighted by molar-refractivity contribution is 0.0901. The highest BCUT2D eigenvalue weighted by atomic mass is 32.1. The molecule has 1 N–H and O–H groups in total. The molecule has 5 heteroatoms. The summed E-state index contributed by atoms with van der Waals surface area (Å²) in [5.41, 5.74) is 2.10. The fourth-order valence-corrected chi connectivity index (χ4v) is 1.45. The van der Waals surface area contributed by atoms with Gasteiger partial charge in [-0.1, -0.05) is 0 Å². The minimum absolute atomic E-state index is 0.0131. The Bertz CT molecular complexity index is 261. The summed E-state index contributed by atoms with van der Waals surface area (Å²) in [6.07, 6.45) is 0. The summed E-state index contributed by atoms with van der Waals surface area (Å²) in [6.45, 7) is 2.39. The van der Waals surface area contributed by atoms with Crippen LogP contribution < -0.4 is 5.32 Å². The molecule has 0 aromatic carbocycles. The molecule has 1 unspecified atom stereocenters. The van der Waals surface area contributed by atoms with E-state index < -0.39 is 0 Å². The van der Waals surface area contributed by atoms with E-state index in [2.05, 4.69) is 10.3 Å². The van der Waals surface area contributed by atoms with Gasteiger partial charge in [0, 0.05) is 18.5 Å². The van der Waals surface area contributed by atoms with Gasteiger partial charge in [-0.05, 0) is 6.92 Å². The van der Waals surface area contributed by atoms with Crippen LogP contribution in [-0.4, -0.2) is 30.6 Å². The molecule has 0 saturated carbocycles. The molecule has 1 aromatic heterocycles. The molecule has 1 rings (SSSR count). The third-order valence-electron chi connectivity index (χ3n) is 1.46. The number of hydrogen-bond acceptors (Lipinski definition) is 4. The van der Waals surface area contributed by atoms with E-state index in [9.17, 15) is 4.79 Å². The number of carbonyl (C=O) groups is 1. The van der Waals surface area contributed by atoms with Gasteiger partial charge in [0.05, 0.1) is 12.1 Å². The molecule has 0 fully saturated rings. The van der Waals surface area contributed by atoms with Gasteiger partial charge in [-0.2, -0.15) is 0 Å². The van der Waals surface area contributed by atoms with Crippen molar-refractivity contribution in [3.05, 3.63) is 16.6 Å². The van der Waals surface area contributed by atoms with Crippen LogP contribution in [0.1, 0.15) is 17.4 Å². The van der Waals surface area contributed by atoms with Crippen LogP contribution in [0.5, 0.6) is 0 Å². The summed E-state index contributed by atoms with van der Waals surface area (Å²) in [4.78, 5) is 15.3. The first-order valence-electron chi connectivity index (χ1n) is 3.92. The lowest BCUT2D eigenvalue weighted by atomic mass is 10.3. The molecule has 1 aromatic rings. The molecule has 0 aliphatic rings. The molecule has 1 heterocycles. The average Bonchev–Trinajstić information content (AvgIpc) is 2.55. The number of nitrogens with one attached hydrogen (secondary N) is 1. The molecule has 0 bridgehead atoms. The number of rotatable bonds is 4. The molecule has 0 spiro atoms. The monoisotopic (exact) mass is 200 g/mol. The summed E-state index contributed by atoms with van der Waals surface area (Å²) in [7, 11) is 1.60. The first kappa shape index (κ1) is 10.1. The van der Waals surface area contributed by atoms with Crippen LogP contribution in [0.4, 0.5) is 0 Å². The van der Waals surface area contributed by atoms with E-state index in [0.29, 0.717) is 12.3 Å². The van der Waals surface area contributed by atoms with Crippen molar-refractivity contribution in [3.63, 3.8) is 0 Å². The number of nitrogens with zero attached hydrogens (tertiary/aromatic N) is 1. The maximum Gasteiger partial charge on any atom is 0.271 e.